The number of urea groups is 1. The molecule has 1 aliphatic rings. The summed E-state index contributed by atoms with van der Waals surface area (Å²) in [4.78, 5) is 30.4. The standard InChI is InChI=1S/C28H31N3O2/c1-3-24(23-15-8-5-9-16-23)27(32)29-25-17-10-11-18-26(25)31-20-12-19-30(28(31)33)21(2)22-13-6-4-7-14-22/h4-11,13-18,21,24H,3,12,19-20H2,1-2H3,(H,29,32)/t21-,24+/m1/s1. The minimum absolute atomic E-state index is 0.0224. The highest BCUT2D eigenvalue weighted by Gasteiger charge is 2.32. The van der Waals surface area contributed by atoms with E-state index in [9.17, 15) is 9.59 Å². The van der Waals surface area contributed by atoms with Crippen LogP contribution in [0.2, 0.25) is 0 Å². The van der Waals surface area contributed by atoms with Crippen LogP contribution >= 0.6 is 0 Å². The smallest absolute Gasteiger partial charge is 0.324 e. The summed E-state index contributed by atoms with van der Waals surface area (Å²) >= 11 is 0. The van der Waals surface area contributed by atoms with E-state index >= 15 is 0 Å². The van der Waals surface area contributed by atoms with Crippen molar-refractivity contribution in [2.24, 2.45) is 0 Å². The monoisotopic (exact) mass is 441 g/mol. The zero-order chi connectivity index (χ0) is 23.2. The highest BCUT2D eigenvalue weighted by molar-refractivity contribution is 6.02. The van der Waals surface area contributed by atoms with Gasteiger partial charge in [0.05, 0.1) is 23.3 Å². The van der Waals surface area contributed by atoms with Crippen molar-refractivity contribution >= 4 is 23.3 Å². The van der Waals surface area contributed by atoms with E-state index in [1.165, 1.54) is 0 Å². The summed E-state index contributed by atoms with van der Waals surface area (Å²) in [7, 11) is 0. The van der Waals surface area contributed by atoms with Gasteiger partial charge in [-0.05, 0) is 43.0 Å². The number of nitrogens with one attached hydrogen (secondary N) is 1. The third-order valence-corrected chi connectivity index (χ3v) is 6.39. The quantitative estimate of drug-likeness (QED) is 0.474. The fourth-order valence-corrected chi connectivity index (χ4v) is 4.53. The van der Waals surface area contributed by atoms with Gasteiger partial charge >= 0.3 is 6.03 Å². The molecule has 1 aliphatic heterocycles. The number of hydrogen-bond acceptors (Lipinski definition) is 2. The Labute approximate surface area is 196 Å². The number of carbonyl (C=O) groups is 2. The Morgan fingerprint density at radius 1 is 0.879 bits per heavy atom. The third-order valence-electron chi connectivity index (χ3n) is 6.39. The van der Waals surface area contributed by atoms with Gasteiger partial charge in [0, 0.05) is 13.1 Å². The fraction of sp³-hybridized carbons (Fsp3) is 0.286. The van der Waals surface area contributed by atoms with E-state index in [1.807, 2.05) is 84.6 Å². The molecule has 33 heavy (non-hydrogen) atoms. The summed E-state index contributed by atoms with van der Waals surface area (Å²) in [5, 5.41) is 3.10. The molecule has 1 fully saturated rings. The number of amides is 3. The van der Waals surface area contributed by atoms with Crippen molar-refractivity contribution in [1.29, 1.82) is 0 Å². The highest BCUT2D eigenvalue weighted by atomic mass is 16.2. The number of benzene rings is 3. The number of carbonyl (C=O) groups excluding carboxylic acids is 2. The second-order valence-corrected chi connectivity index (χ2v) is 8.45. The predicted octanol–water partition coefficient (Wildman–Crippen LogP) is 6.21. The van der Waals surface area contributed by atoms with Gasteiger partial charge in [-0.3, -0.25) is 9.69 Å². The van der Waals surface area contributed by atoms with Crippen LogP contribution in [-0.2, 0) is 4.79 Å². The Hall–Kier alpha value is -3.60. The first-order valence-electron chi connectivity index (χ1n) is 11.7. The van der Waals surface area contributed by atoms with Crippen molar-refractivity contribution in [2.75, 3.05) is 23.3 Å². The van der Waals surface area contributed by atoms with Gasteiger partial charge < -0.3 is 10.2 Å². The first kappa shape index (κ1) is 22.6. The first-order valence-corrected chi connectivity index (χ1v) is 11.7. The number of nitrogens with zero attached hydrogens (tertiary/aromatic N) is 2. The maximum atomic E-state index is 13.5. The molecule has 0 aliphatic carbocycles. The number of rotatable bonds is 7. The average molecular weight is 442 g/mol. The molecule has 3 aromatic rings. The van der Waals surface area contributed by atoms with Crippen LogP contribution in [0.1, 0.15) is 49.8 Å². The van der Waals surface area contributed by atoms with Crippen LogP contribution in [0.4, 0.5) is 16.2 Å². The predicted molar refractivity (Wildman–Crippen MR) is 133 cm³/mol. The molecule has 0 spiro atoms. The molecule has 1 saturated heterocycles. The summed E-state index contributed by atoms with van der Waals surface area (Å²) in [5.41, 5.74) is 3.51. The van der Waals surface area contributed by atoms with Crippen LogP contribution in [0.5, 0.6) is 0 Å². The molecule has 0 radical (unpaired) electrons. The van der Waals surface area contributed by atoms with Crippen molar-refractivity contribution < 1.29 is 9.59 Å². The second kappa shape index (κ2) is 10.3. The molecule has 4 rings (SSSR count). The van der Waals surface area contributed by atoms with Gasteiger partial charge in [0.2, 0.25) is 5.91 Å². The van der Waals surface area contributed by atoms with E-state index in [-0.39, 0.29) is 23.9 Å². The molecule has 0 bridgehead atoms. The average Bonchev–Trinajstić information content (AvgIpc) is 2.86. The lowest BCUT2D eigenvalue weighted by Crippen LogP contribution is -2.50. The number of hydrogen-bond donors (Lipinski definition) is 1. The lowest BCUT2D eigenvalue weighted by Gasteiger charge is -2.39. The molecule has 1 heterocycles. The van der Waals surface area contributed by atoms with Crippen LogP contribution in [0.25, 0.3) is 0 Å². The molecule has 5 nitrogen and oxygen atoms in total. The molecule has 5 heteroatoms. The Morgan fingerprint density at radius 2 is 1.48 bits per heavy atom. The summed E-state index contributed by atoms with van der Waals surface area (Å²) in [5.74, 6) is -0.305. The summed E-state index contributed by atoms with van der Waals surface area (Å²) < 4.78 is 0. The van der Waals surface area contributed by atoms with Crippen LogP contribution in [0.15, 0.2) is 84.9 Å². The molecule has 1 N–H and O–H groups in total. The minimum atomic E-state index is -0.245. The van der Waals surface area contributed by atoms with Crippen LogP contribution in [0.3, 0.4) is 0 Å². The number of para-hydroxylation sites is 2. The van der Waals surface area contributed by atoms with Gasteiger partial charge in [-0.1, -0.05) is 79.7 Å². The zero-order valence-electron chi connectivity index (χ0n) is 19.3. The lowest BCUT2D eigenvalue weighted by atomic mass is 9.95. The SMILES string of the molecule is CC[C@H](C(=O)Nc1ccccc1N1CCCN([C@H](C)c2ccccc2)C1=O)c1ccccc1. The number of anilines is 2. The Bertz CT molecular complexity index is 1080. The first-order chi connectivity index (χ1) is 16.1. The Balaban J connectivity index is 1.56. The van der Waals surface area contributed by atoms with Gasteiger partial charge in [0.15, 0.2) is 0 Å². The molecule has 2 atom stereocenters. The molecule has 0 aromatic heterocycles. The van der Waals surface area contributed by atoms with Gasteiger partial charge in [-0.2, -0.15) is 0 Å². The second-order valence-electron chi connectivity index (χ2n) is 8.45. The topological polar surface area (TPSA) is 52.7 Å². The summed E-state index contributed by atoms with van der Waals surface area (Å²) in [6, 6.07) is 27.4. The zero-order valence-corrected chi connectivity index (χ0v) is 19.3. The van der Waals surface area contributed by atoms with Crippen LogP contribution in [-0.4, -0.2) is 29.9 Å². The molecular weight excluding hydrogens is 410 g/mol. The van der Waals surface area contributed by atoms with Gasteiger partial charge in [0.1, 0.15) is 0 Å². The minimum Gasteiger partial charge on any atom is -0.324 e. The van der Waals surface area contributed by atoms with E-state index in [4.69, 9.17) is 0 Å². The van der Waals surface area contributed by atoms with E-state index in [1.54, 1.807) is 4.90 Å². The lowest BCUT2D eigenvalue weighted by molar-refractivity contribution is -0.117. The highest BCUT2D eigenvalue weighted by Crippen LogP contribution is 2.33. The molecule has 3 amide bonds. The third kappa shape index (κ3) is 4.92. The van der Waals surface area contributed by atoms with Gasteiger partial charge in [-0.25, -0.2) is 4.79 Å². The Kier molecular flexibility index (Phi) is 7.08. The van der Waals surface area contributed by atoms with Crippen molar-refractivity contribution in [3.63, 3.8) is 0 Å². The summed E-state index contributed by atoms with van der Waals surface area (Å²) in [6.45, 7) is 5.42. The van der Waals surface area contributed by atoms with Gasteiger partial charge in [0.25, 0.3) is 0 Å². The van der Waals surface area contributed by atoms with Crippen molar-refractivity contribution in [3.8, 4) is 0 Å². The molecule has 0 unspecified atom stereocenters. The maximum Gasteiger partial charge on any atom is 0.325 e. The van der Waals surface area contributed by atoms with Crippen LogP contribution in [0, 0.1) is 0 Å². The molecule has 3 aromatic carbocycles. The van der Waals surface area contributed by atoms with Crippen molar-refractivity contribution in [2.45, 2.75) is 38.6 Å². The molecule has 170 valence electrons. The van der Waals surface area contributed by atoms with E-state index in [2.05, 4.69) is 24.4 Å². The maximum absolute atomic E-state index is 13.5. The van der Waals surface area contributed by atoms with Crippen LogP contribution < -0.4 is 10.2 Å². The van der Waals surface area contributed by atoms with Gasteiger partial charge in [-0.15, -0.1) is 0 Å². The van der Waals surface area contributed by atoms with E-state index in [0.29, 0.717) is 25.2 Å². The van der Waals surface area contributed by atoms with E-state index in [0.717, 1.165) is 23.2 Å². The van der Waals surface area contributed by atoms with Crippen molar-refractivity contribution in [3.05, 3.63) is 96.1 Å². The normalized spacial score (nSPS) is 15.8. The van der Waals surface area contributed by atoms with E-state index < -0.39 is 0 Å². The molecular formula is C28H31N3O2. The summed E-state index contributed by atoms with van der Waals surface area (Å²) in [6.07, 6.45) is 1.57. The Morgan fingerprint density at radius 3 is 2.15 bits per heavy atom. The largest absolute Gasteiger partial charge is 0.325 e. The fourth-order valence-electron chi connectivity index (χ4n) is 4.53. The molecule has 0 saturated carbocycles. The van der Waals surface area contributed by atoms with Crippen molar-refractivity contribution in [1.82, 2.24) is 4.90 Å².